The Morgan fingerprint density at radius 1 is 1.47 bits per heavy atom. The highest BCUT2D eigenvalue weighted by molar-refractivity contribution is 6.67. The number of aliphatic hydroxyl groups excluding tert-OH is 1. The Morgan fingerprint density at radius 3 is 2.47 bits per heavy atom. The molecule has 0 bridgehead atoms. The van der Waals surface area contributed by atoms with E-state index in [1.54, 1.807) is 0 Å². The van der Waals surface area contributed by atoms with Crippen LogP contribution in [0.25, 0.3) is 0 Å². The summed E-state index contributed by atoms with van der Waals surface area (Å²) < 4.78 is 3.08. The normalized spacial score (nSPS) is 26.9. The van der Waals surface area contributed by atoms with Gasteiger partial charge in [0.2, 0.25) is 3.79 Å². The lowest BCUT2D eigenvalue weighted by Gasteiger charge is -2.17. The molecule has 0 aliphatic carbocycles. The second-order valence-corrected chi connectivity index (χ2v) is 6.23. The van der Waals surface area contributed by atoms with E-state index in [0.29, 0.717) is 0 Å². The van der Waals surface area contributed by atoms with Crippen molar-refractivity contribution in [2.45, 2.75) is 15.3 Å². The number of amides is 1. The average molecular weight is 297 g/mol. The number of aliphatic hydroxyl groups is 1. The lowest BCUT2D eigenvalue weighted by Crippen LogP contribution is -2.32. The summed E-state index contributed by atoms with van der Waals surface area (Å²) in [6, 6.07) is 0. The zero-order valence-electron chi connectivity index (χ0n) is 7.50. The molecule has 0 aromatic rings. The second-order valence-electron chi connectivity index (χ2n) is 3.16. The lowest BCUT2D eigenvalue weighted by molar-refractivity contribution is 0.104. The molecule has 2 unspecified atom stereocenters. The average Bonchev–Trinajstić information content (AvgIpc) is 2.42. The number of rotatable bonds is 1. The van der Waals surface area contributed by atoms with Gasteiger partial charge in [0, 0.05) is 6.54 Å². The van der Waals surface area contributed by atoms with Crippen LogP contribution >= 0.6 is 46.4 Å². The molecule has 0 aromatic heterocycles. The van der Waals surface area contributed by atoms with Gasteiger partial charge < -0.3 is 14.7 Å². The van der Waals surface area contributed by atoms with Gasteiger partial charge in [-0.25, -0.2) is 4.79 Å². The molecular formula is C7H9Cl4NO3. The van der Waals surface area contributed by atoms with Gasteiger partial charge >= 0.3 is 6.09 Å². The largest absolute Gasteiger partial charge is 0.445 e. The number of hydrogen-bond donors (Lipinski definition) is 1. The van der Waals surface area contributed by atoms with Crippen molar-refractivity contribution in [3.05, 3.63) is 0 Å². The van der Waals surface area contributed by atoms with Crippen LogP contribution in [0.2, 0.25) is 0 Å². The van der Waals surface area contributed by atoms with Crippen LogP contribution in [-0.4, -0.2) is 51.1 Å². The summed E-state index contributed by atoms with van der Waals surface area (Å²) >= 11 is 21.9. The number of carbonyl (C=O) groups excluding carboxylic acids is 1. The maximum Gasteiger partial charge on any atom is 0.410 e. The molecule has 1 N–H and O–H groups in total. The molecule has 0 spiro atoms. The molecule has 8 heteroatoms. The fourth-order valence-corrected chi connectivity index (χ4v) is 1.54. The molecule has 1 rings (SSSR count). The Bertz CT molecular complexity index is 235. The number of ether oxygens (including phenoxy) is 1. The quantitative estimate of drug-likeness (QED) is 0.751. The van der Waals surface area contributed by atoms with Crippen molar-refractivity contribution >= 4 is 52.5 Å². The van der Waals surface area contributed by atoms with Crippen molar-refractivity contribution < 1.29 is 14.6 Å². The van der Waals surface area contributed by atoms with Crippen LogP contribution in [-0.2, 0) is 4.74 Å². The van der Waals surface area contributed by atoms with E-state index in [-0.39, 0.29) is 19.7 Å². The van der Waals surface area contributed by atoms with Gasteiger partial charge in [0.15, 0.2) is 0 Å². The summed E-state index contributed by atoms with van der Waals surface area (Å²) in [5.74, 6) is 0. The minimum absolute atomic E-state index is 0.132. The molecule has 1 aliphatic heterocycles. The molecule has 1 saturated heterocycles. The summed E-state index contributed by atoms with van der Waals surface area (Å²) in [6.45, 7) is 0.0182. The van der Waals surface area contributed by atoms with Gasteiger partial charge in [0.1, 0.15) is 6.61 Å². The first-order chi connectivity index (χ1) is 6.79. The third kappa shape index (κ3) is 4.41. The first-order valence-electron chi connectivity index (χ1n) is 4.10. The van der Waals surface area contributed by atoms with Gasteiger partial charge in [0.05, 0.1) is 18.0 Å². The minimum Gasteiger partial charge on any atom is -0.445 e. The number of halogens is 4. The van der Waals surface area contributed by atoms with Crippen LogP contribution < -0.4 is 0 Å². The van der Waals surface area contributed by atoms with E-state index in [1.165, 1.54) is 4.90 Å². The highest BCUT2D eigenvalue weighted by atomic mass is 35.6. The number of likely N-dealkylation sites (tertiary alicyclic amines) is 1. The molecule has 15 heavy (non-hydrogen) atoms. The van der Waals surface area contributed by atoms with E-state index in [0.717, 1.165) is 0 Å². The molecule has 2 atom stereocenters. The molecule has 1 fully saturated rings. The van der Waals surface area contributed by atoms with Crippen LogP contribution in [0.5, 0.6) is 0 Å². The second kappa shape index (κ2) is 5.15. The first-order valence-corrected chi connectivity index (χ1v) is 5.67. The Labute approximate surface area is 107 Å². The van der Waals surface area contributed by atoms with Crippen molar-refractivity contribution in [2.75, 3.05) is 19.7 Å². The molecule has 4 nitrogen and oxygen atoms in total. The summed E-state index contributed by atoms with van der Waals surface area (Å²) in [6.07, 6.45) is -1.39. The van der Waals surface area contributed by atoms with Gasteiger partial charge in [-0.1, -0.05) is 34.8 Å². The summed E-state index contributed by atoms with van der Waals surface area (Å²) in [5, 5.41) is 8.80. The van der Waals surface area contributed by atoms with E-state index >= 15 is 0 Å². The van der Waals surface area contributed by atoms with Crippen molar-refractivity contribution in [2.24, 2.45) is 0 Å². The topological polar surface area (TPSA) is 49.8 Å². The molecule has 0 aromatic carbocycles. The third-order valence-corrected chi connectivity index (χ3v) is 2.59. The monoisotopic (exact) mass is 295 g/mol. The number of alkyl halides is 4. The van der Waals surface area contributed by atoms with Crippen LogP contribution in [0.3, 0.4) is 0 Å². The van der Waals surface area contributed by atoms with Crippen molar-refractivity contribution in [1.29, 1.82) is 0 Å². The highest BCUT2D eigenvalue weighted by Crippen LogP contribution is 2.26. The van der Waals surface area contributed by atoms with Crippen LogP contribution in [0.1, 0.15) is 0 Å². The van der Waals surface area contributed by atoms with E-state index < -0.39 is 21.4 Å². The van der Waals surface area contributed by atoms with Crippen LogP contribution in [0.15, 0.2) is 0 Å². The molecular weight excluding hydrogens is 288 g/mol. The smallest absolute Gasteiger partial charge is 0.410 e. The SMILES string of the molecule is O=C(OCC(Cl)(Cl)Cl)N1CC(O)C(Cl)C1. The lowest BCUT2D eigenvalue weighted by atomic mass is 10.3. The van der Waals surface area contributed by atoms with E-state index in [4.69, 9.17) is 51.1 Å². The zero-order chi connectivity index (χ0) is 11.6. The predicted octanol–water partition coefficient (Wildman–Crippen LogP) is 1.78. The summed E-state index contributed by atoms with van der Waals surface area (Å²) in [4.78, 5) is 12.6. The van der Waals surface area contributed by atoms with Gasteiger partial charge in [-0.05, 0) is 0 Å². The van der Waals surface area contributed by atoms with Gasteiger partial charge in [-0.3, -0.25) is 0 Å². The van der Waals surface area contributed by atoms with Gasteiger partial charge in [-0.2, -0.15) is 0 Å². The maximum absolute atomic E-state index is 11.3. The van der Waals surface area contributed by atoms with Gasteiger partial charge in [0.25, 0.3) is 0 Å². The van der Waals surface area contributed by atoms with Gasteiger partial charge in [-0.15, -0.1) is 11.6 Å². The van der Waals surface area contributed by atoms with E-state index in [2.05, 4.69) is 0 Å². The highest BCUT2D eigenvalue weighted by Gasteiger charge is 2.34. The fraction of sp³-hybridized carbons (Fsp3) is 0.857. The molecule has 1 heterocycles. The minimum atomic E-state index is -1.63. The fourth-order valence-electron chi connectivity index (χ4n) is 1.13. The Hall–Kier alpha value is 0.390. The number of hydrogen-bond acceptors (Lipinski definition) is 3. The van der Waals surface area contributed by atoms with Crippen LogP contribution in [0, 0.1) is 0 Å². The Morgan fingerprint density at radius 2 is 2.07 bits per heavy atom. The number of β-amino-alcohol motifs (C(OH)–C–C–N with tert-alkyl or cyclic N) is 1. The summed E-state index contributed by atoms with van der Waals surface area (Å²) in [5.41, 5.74) is 0. The van der Waals surface area contributed by atoms with Crippen molar-refractivity contribution in [1.82, 2.24) is 4.90 Å². The standard InChI is InChI=1S/C7H9Cl4NO3/c8-4-1-12(2-5(4)13)6(14)15-3-7(9,10)11/h4-5,13H,1-3H2. The molecule has 1 amide bonds. The number of carbonyl (C=O) groups is 1. The maximum atomic E-state index is 11.3. The predicted molar refractivity (Wildman–Crippen MR) is 58.9 cm³/mol. The van der Waals surface area contributed by atoms with Crippen LogP contribution in [0.4, 0.5) is 4.79 Å². The van der Waals surface area contributed by atoms with E-state index in [1.807, 2.05) is 0 Å². The number of nitrogens with zero attached hydrogens (tertiary/aromatic N) is 1. The molecule has 0 radical (unpaired) electrons. The third-order valence-electron chi connectivity index (χ3n) is 1.84. The van der Waals surface area contributed by atoms with Crippen molar-refractivity contribution in [3.8, 4) is 0 Å². The van der Waals surface area contributed by atoms with Crippen molar-refractivity contribution in [3.63, 3.8) is 0 Å². The zero-order valence-corrected chi connectivity index (χ0v) is 10.5. The first kappa shape index (κ1) is 13.5. The molecule has 0 saturated carbocycles. The van der Waals surface area contributed by atoms with E-state index in [9.17, 15) is 9.90 Å². The molecule has 1 aliphatic rings. The Balaban J connectivity index is 2.36. The summed E-state index contributed by atoms with van der Waals surface area (Å²) in [7, 11) is 0. The molecule has 88 valence electrons. The Kier molecular flexibility index (Phi) is 4.62.